The van der Waals surface area contributed by atoms with Gasteiger partial charge in [-0.25, -0.2) is 4.68 Å². The van der Waals surface area contributed by atoms with E-state index in [4.69, 9.17) is 10.5 Å². The van der Waals surface area contributed by atoms with Gasteiger partial charge >= 0.3 is 0 Å². The van der Waals surface area contributed by atoms with Crippen LogP contribution in [0, 0.1) is 0 Å². The lowest BCUT2D eigenvalue weighted by molar-refractivity contribution is 0.110. The van der Waals surface area contributed by atoms with Gasteiger partial charge < -0.3 is 10.5 Å². The molecule has 1 fully saturated rings. The maximum Gasteiger partial charge on any atom is 0.127 e. The summed E-state index contributed by atoms with van der Waals surface area (Å²) in [5, 5.41) is 4.64. The fourth-order valence-corrected chi connectivity index (χ4v) is 2.66. The first-order valence-electron chi connectivity index (χ1n) is 5.80. The molecule has 0 saturated heterocycles. The molecule has 15 heavy (non-hydrogen) atoms. The van der Waals surface area contributed by atoms with Crippen LogP contribution in [-0.4, -0.2) is 16.4 Å². The average Bonchev–Trinajstić information content (AvgIpc) is 2.87. The molecule has 4 heteroatoms. The maximum absolute atomic E-state index is 6.12. The van der Waals surface area contributed by atoms with E-state index in [9.17, 15) is 0 Å². The summed E-state index contributed by atoms with van der Waals surface area (Å²) in [6, 6.07) is 0.538. The molecule has 0 amide bonds. The Morgan fingerprint density at radius 2 is 2.13 bits per heavy atom. The predicted octanol–water partition coefficient (Wildman–Crippen LogP) is 1.65. The van der Waals surface area contributed by atoms with Gasteiger partial charge in [0.25, 0.3) is 0 Å². The molecule has 2 aliphatic rings. The molecule has 0 aromatic carbocycles. The molecule has 0 spiro atoms. The van der Waals surface area contributed by atoms with Crippen molar-refractivity contribution in [2.45, 2.75) is 44.8 Å². The van der Waals surface area contributed by atoms with Gasteiger partial charge in [0.2, 0.25) is 0 Å². The van der Waals surface area contributed by atoms with Gasteiger partial charge in [-0.2, -0.15) is 5.10 Å². The molecule has 0 unspecified atom stereocenters. The van der Waals surface area contributed by atoms with E-state index in [2.05, 4.69) is 5.10 Å². The number of nitrogens with two attached hydrogens (primary N) is 1. The van der Waals surface area contributed by atoms with E-state index in [1.54, 1.807) is 0 Å². The molecule has 3 rings (SSSR count). The van der Waals surface area contributed by atoms with Crippen LogP contribution in [0.4, 0.5) is 5.82 Å². The molecule has 1 aliphatic carbocycles. The Balaban J connectivity index is 1.97. The molecule has 1 aromatic rings. The Bertz CT molecular complexity index is 366. The fourth-order valence-electron chi connectivity index (χ4n) is 2.66. The molecular weight excluding hydrogens is 190 g/mol. The largest absolute Gasteiger partial charge is 0.384 e. The minimum atomic E-state index is 0.538. The highest BCUT2D eigenvalue weighted by atomic mass is 16.5. The molecule has 0 bridgehead atoms. The summed E-state index contributed by atoms with van der Waals surface area (Å²) in [5.41, 5.74) is 8.41. The van der Waals surface area contributed by atoms with Crippen molar-refractivity contribution in [1.29, 1.82) is 0 Å². The lowest BCUT2D eigenvalue weighted by atomic mass is 10.1. The van der Waals surface area contributed by atoms with Gasteiger partial charge in [-0.15, -0.1) is 0 Å². The summed E-state index contributed by atoms with van der Waals surface area (Å²) in [6.07, 6.45) is 5.99. The monoisotopic (exact) mass is 207 g/mol. The summed E-state index contributed by atoms with van der Waals surface area (Å²) in [6.45, 7) is 1.43. The third-order valence-corrected chi connectivity index (χ3v) is 3.53. The second-order valence-electron chi connectivity index (χ2n) is 4.50. The van der Waals surface area contributed by atoms with Crippen LogP contribution in [0.3, 0.4) is 0 Å². The summed E-state index contributed by atoms with van der Waals surface area (Å²) in [4.78, 5) is 0. The Kier molecular flexibility index (Phi) is 2.16. The number of fused-ring (bicyclic) bond motifs is 1. The van der Waals surface area contributed by atoms with Crippen LogP contribution >= 0.6 is 0 Å². The zero-order valence-corrected chi connectivity index (χ0v) is 8.91. The molecule has 0 radical (unpaired) electrons. The van der Waals surface area contributed by atoms with Crippen LogP contribution < -0.4 is 5.73 Å². The average molecular weight is 207 g/mol. The molecule has 2 heterocycles. The first-order chi connectivity index (χ1) is 7.36. The van der Waals surface area contributed by atoms with Crippen molar-refractivity contribution in [3.05, 3.63) is 11.3 Å². The molecule has 4 nitrogen and oxygen atoms in total. The quantitative estimate of drug-likeness (QED) is 0.761. The number of aromatic nitrogens is 2. The van der Waals surface area contributed by atoms with Gasteiger partial charge in [-0.05, 0) is 12.8 Å². The fraction of sp³-hybridized carbons (Fsp3) is 0.727. The molecule has 82 valence electrons. The molecule has 2 N–H and O–H groups in total. The minimum Gasteiger partial charge on any atom is -0.384 e. The van der Waals surface area contributed by atoms with Gasteiger partial charge in [0, 0.05) is 12.0 Å². The van der Waals surface area contributed by atoms with E-state index in [-0.39, 0.29) is 0 Å². The van der Waals surface area contributed by atoms with Crippen molar-refractivity contribution in [3.8, 4) is 0 Å². The van der Waals surface area contributed by atoms with E-state index >= 15 is 0 Å². The van der Waals surface area contributed by atoms with Crippen molar-refractivity contribution in [2.24, 2.45) is 0 Å². The number of hydrogen-bond donors (Lipinski definition) is 1. The van der Waals surface area contributed by atoms with Crippen molar-refractivity contribution in [3.63, 3.8) is 0 Å². The normalized spacial score (nSPS) is 21.9. The molecule has 1 aliphatic heterocycles. The Morgan fingerprint density at radius 1 is 1.33 bits per heavy atom. The molecular formula is C11H17N3O. The smallest absolute Gasteiger partial charge is 0.127 e. The van der Waals surface area contributed by atoms with Crippen molar-refractivity contribution < 1.29 is 4.74 Å². The molecule has 0 atom stereocenters. The zero-order valence-electron chi connectivity index (χ0n) is 8.91. The van der Waals surface area contributed by atoms with E-state index < -0.39 is 0 Å². The van der Waals surface area contributed by atoms with Gasteiger partial charge in [-0.3, -0.25) is 0 Å². The lowest BCUT2D eigenvalue weighted by Gasteiger charge is -2.12. The van der Waals surface area contributed by atoms with Crippen molar-refractivity contribution in [2.75, 3.05) is 12.3 Å². The predicted molar refractivity (Wildman–Crippen MR) is 57.5 cm³/mol. The van der Waals surface area contributed by atoms with Crippen LogP contribution in [0.1, 0.15) is 43.0 Å². The lowest BCUT2D eigenvalue weighted by Crippen LogP contribution is -2.10. The Morgan fingerprint density at radius 3 is 2.87 bits per heavy atom. The standard InChI is InChI=1S/C11H17N3O/c12-11-9-7-15-6-5-10(9)13-14(11)8-3-1-2-4-8/h8H,1-7,12H2. The van der Waals surface area contributed by atoms with Crippen molar-refractivity contribution in [1.82, 2.24) is 9.78 Å². The van der Waals surface area contributed by atoms with Crippen LogP contribution in [0.5, 0.6) is 0 Å². The van der Waals surface area contributed by atoms with E-state index in [0.717, 1.165) is 30.1 Å². The van der Waals surface area contributed by atoms with E-state index in [0.29, 0.717) is 12.6 Å². The van der Waals surface area contributed by atoms with Gasteiger partial charge in [0.15, 0.2) is 0 Å². The number of nitrogen functional groups attached to an aromatic ring is 1. The number of hydrogen-bond acceptors (Lipinski definition) is 3. The number of anilines is 1. The van der Waals surface area contributed by atoms with E-state index in [1.165, 1.54) is 25.7 Å². The van der Waals surface area contributed by atoms with Crippen LogP contribution in [-0.2, 0) is 17.8 Å². The topological polar surface area (TPSA) is 53.1 Å². The Labute approximate surface area is 89.4 Å². The Hall–Kier alpha value is -1.03. The van der Waals surface area contributed by atoms with Crippen LogP contribution in [0.2, 0.25) is 0 Å². The minimum absolute atomic E-state index is 0.538. The zero-order chi connectivity index (χ0) is 10.3. The highest BCUT2D eigenvalue weighted by Crippen LogP contribution is 2.33. The summed E-state index contributed by atoms with van der Waals surface area (Å²) in [7, 11) is 0. The number of rotatable bonds is 1. The number of nitrogens with zero attached hydrogens (tertiary/aromatic N) is 2. The van der Waals surface area contributed by atoms with Crippen LogP contribution in [0.25, 0.3) is 0 Å². The SMILES string of the molecule is Nc1c2c(nn1C1CCCC1)CCOC2. The molecule has 1 saturated carbocycles. The maximum atomic E-state index is 6.12. The first-order valence-corrected chi connectivity index (χ1v) is 5.80. The molecule has 1 aromatic heterocycles. The highest BCUT2D eigenvalue weighted by Gasteiger charge is 2.25. The summed E-state index contributed by atoms with van der Waals surface area (Å²) in [5.74, 6) is 0.844. The summed E-state index contributed by atoms with van der Waals surface area (Å²) < 4.78 is 7.47. The van der Waals surface area contributed by atoms with Crippen LogP contribution in [0.15, 0.2) is 0 Å². The van der Waals surface area contributed by atoms with Gasteiger partial charge in [0.1, 0.15) is 5.82 Å². The second kappa shape index (κ2) is 3.52. The summed E-state index contributed by atoms with van der Waals surface area (Å²) >= 11 is 0. The highest BCUT2D eigenvalue weighted by molar-refractivity contribution is 5.44. The second-order valence-corrected chi connectivity index (χ2v) is 4.50. The van der Waals surface area contributed by atoms with E-state index in [1.807, 2.05) is 4.68 Å². The third kappa shape index (κ3) is 1.44. The first kappa shape index (κ1) is 9.21. The van der Waals surface area contributed by atoms with Crippen molar-refractivity contribution >= 4 is 5.82 Å². The third-order valence-electron chi connectivity index (χ3n) is 3.53. The number of ether oxygens (including phenoxy) is 1. The van der Waals surface area contributed by atoms with Gasteiger partial charge in [-0.1, -0.05) is 12.8 Å². The van der Waals surface area contributed by atoms with Gasteiger partial charge in [0.05, 0.1) is 24.9 Å².